The van der Waals surface area contributed by atoms with Gasteiger partial charge in [-0.25, -0.2) is 4.79 Å². The SMILES string of the molecule is CCOC(=O)CCSC(c1ccccc1CCCCCCCCc1ccccc1)C(O)C(=O)O. The summed E-state index contributed by atoms with van der Waals surface area (Å²) in [4.78, 5) is 23.2. The van der Waals surface area contributed by atoms with Gasteiger partial charge in [0.15, 0.2) is 6.10 Å². The van der Waals surface area contributed by atoms with Gasteiger partial charge in [-0.15, -0.1) is 11.8 Å². The lowest BCUT2D eigenvalue weighted by Crippen LogP contribution is -2.27. The molecule has 0 aliphatic carbocycles. The van der Waals surface area contributed by atoms with Crippen LogP contribution in [0.3, 0.4) is 0 Å². The van der Waals surface area contributed by atoms with Crippen LogP contribution in [0.5, 0.6) is 0 Å². The third-order valence-electron chi connectivity index (χ3n) is 5.81. The predicted molar refractivity (Wildman–Crippen MR) is 138 cm³/mol. The van der Waals surface area contributed by atoms with Gasteiger partial charge in [0.25, 0.3) is 0 Å². The first kappa shape index (κ1) is 27.9. The van der Waals surface area contributed by atoms with Gasteiger partial charge >= 0.3 is 11.9 Å². The second-order valence-corrected chi connectivity index (χ2v) is 9.68. The molecule has 2 atom stereocenters. The Labute approximate surface area is 207 Å². The fourth-order valence-corrected chi connectivity index (χ4v) is 5.27. The summed E-state index contributed by atoms with van der Waals surface area (Å²) in [7, 11) is 0. The van der Waals surface area contributed by atoms with E-state index in [1.807, 2.05) is 24.3 Å². The lowest BCUT2D eigenvalue weighted by Gasteiger charge is -2.23. The second kappa shape index (κ2) is 16.3. The maximum Gasteiger partial charge on any atom is 0.334 e. The van der Waals surface area contributed by atoms with E-state index in [2.05, 4.69) is 30.3 Å². The number of carbonyl (C=O) groups excluding carboxylic acids is 1. The number of aryl methyl sites for hydroxylation is 2. The minimum Gasteiger partial charge on any atom is -0.479 e. The quantitative estimate of drug-likeness (QED) is 0.211. The highest BCUT2D eigenvalue weighted by molar-refractivity contribution is 7.99. The van der Waals surface area contributed by atoms with Crippen LogP contribution in [-0.4, -0.2) is 40.6 Å². The van der Waals surface area contributed by atoms with E-state index in [0.717, 1.165) is 36.8 Å². The lowest BCUT2D eigenvalue weighted by atomic mass is 9.96. The molecule has 2 N–H and O–H groups in total. The largest absolute Gasteiger partial charge is 0.479 e. The van der Waals surface area contributed by atoms with E-state index in [-0.39, 0.29) is 12.4 Å². The Hall–Kier alpha value is -2.31. The summed E-state index contributed by atoms with van der Waals surface area (Å²) >= 11 is 1.30. The number of carbonyl (C=O) groups is 2. The highest BCUT2D eigenvalue weighted by Gasteiger charge is 2.29. The maximum atomic E-state index is 11.7. The Balaban J connectivity index is 1.81. The number of esters is 1. The Morgan fingerprint density at radius 1 is 0.882 bits per heavy atom. The molecule has 2 unspecified atom stereocenters. The molecule has 34 heavy (non-hydrogen) atoms. The van der Waals surface area contributed by atoms with Crippen molar-refractivity contribution in [2.24, 2.45) is 0 Å². The molecule has 0 amide bonds. The number of unbranched alkanes of at least 4 members (excludes halogenated alkanes) is 5. The molecule has 6 heteroatoms. The monoisotopic (exact) mass is 486 g/mol. The van der Waals surface area contributed by atoms with Gasteiger partial charge in [0.2, 0.25) is 0 Å². The van der Waals surface area contributed by atoms with Crippen molar-refractivity contribution in [3.63, 3.8) is 0 Å². The summed E-state index contributed by atoms with van der Waals surface area (Å²) in [6, 6.07) is 18.3. The molecule has 0 aliphatic heterocycles. The zero-order valence-corrected chi connectivity index (χ0v) is 21.0. The van der Waals surface area contributed by atoms with E-state index >= 15 is 0 Å². The summed E-state index contributed by atoms with van der Waals surface area (Å²) in [5.74, 6) is -1.17. The normalized spacial score (nSPS) is 12.8. The molecule has 0 aromatic heterocycles. The number of benzene rings is 2. The first-order chi connectivity index (χ1) is 16.5. The van der Waals surface area contributed by atoms with E-state index in [4.69, 9.17) is 4.74 Å². The molecule has 186 valence electrons. The van der Waals surface area contributed by atoms with E-state index < -0.39 is 17.3 Å². The summed E-state index contributed by atoms with van der Waals surface area (Å²) in [6.45, 7) is 2.07. The van der Waals surface area contributed by atoms with Crippen molar-refractivity contribution in [2.45, 2.75) is 76.1 Å². The summed E-state index contributed by atoms with van der Waals surface area (Å²) in [5.41, 5.74) is 3.31. The average molecular weight is 487 g/mol. The smallest absolute Gasteiger partial charge is 0.334 e. The number of carboxylic acid groups (broad SMARTS) is 1. The molecule has 0 spiro atoms. The minimum atomic E-state index is -1.53. The minimum absolute atomic E-state index is 0.188. The Morgan fingerprint density at radius 2 is 1.50 bits per heavy atom. The summed E-state index contributed by atoms with van der Waals surface area (Å²) in [6.07, 6.45) is 7.65. The van der Waals surface area contributed by atoms with Crippen LogP contribution in [0.4, 0.5) is 0 Å². The number of aliphatic carboxylic acids is 1. The predicted octanol–water partition coefficient (Wildman–Crippen LogP) is 5.99. The number of rotatable bonds is 17. The van der Waals surface area contributed by atoms with Gasteiger partial charge in [-0.3, -0.25) is 4.79 Å². The Kier molecular flexibility index (Phi) is 13.4. The van der Waals surface area contributed by atoms with Gasteiger partial charge in [0.1, 0.15) is 0 Å². The number of hydrogen-bond donors (Lipinski definition) is 2. The van der Waals surface area contributed by atoms with Crippen molar-refractivity contribution in [3.8, 4) is 0 Å². The van der Waals surface area contributed by atoms with Gasteiger partial charge in [-0.05, 0) is 49.3 Å². The van der Waals surface area contributed by atoms with E-state index in [9.17, 15) is 19.8 Å². The number of carboxylic acids is 1. The molecule has 0 aliphatic rings. The molecule has 0 fully saturated rings. The molecule has 0 heterocycles. The van der Waals surface area contributed by atoms with Crippen LogP contribution in [0.15, 0.2) is 54.6 Å². The molecule has 5 nitrogen and oxygen atoms in total. The number of aliphatic hydroxyl groups is 1. The van der Waals surface area contributed by atoms with Crippen LogP contribution in [0.25, 0.3) is 0 Å². The number of ether oxygens (including phenoxy) is 1. The molecule has 2 aromatic carbocycles. The van der Waals surface area contributed by atoms with Crippen molar-refractivity contribution < 1.29 is 24.5 Å². The standard InChI is InChI=1S/C28H38O5S/c1-2-33-25(29)20-21-34-27(26(30)28(31)32)24-19-13-12-18-23(24)17-11-6-4-3-5-8-14-22-15-9-7-10-16-22/h7,9-10,12-13,15-16,18-19,26-27,30H,2-6,8,11,14,17,20-21H2,1H3,(H,31,32). The van der Waals surface area contributed by atoms with Gasteiger partial charge in [0.05, 0.1) is 18.3 Å². The summed E-state index contributed by atoms with van der Waals surface area (Å²) in [5, 5.41) is 19.2. The van der Waals surface area contributed by atoms with Crippen LogP contribution >= 0.6 is 11.8 Å². The molecule has 2 rings (SSSR count). The van der Waals surface area contributed by atoms with E-state index in [0.29, 0.717) is 12.4 Å². The fraction of sp³-hybridized carbons (Fsp3) is 0.500. The fourth-order valence-electron chi connectivity index (χ4n) is 4.02. The molecule has 0 saturated heterocycles. The van der Waals surface area contributed by atoms with Gasteiger partial charge in [-0.2, -0.15) is 0 Å². The zero-order chi connectivity index (χ0) is 24.6. The highest BCUT2D eigenvalue weighted by atomic mass is 32.2. The van der Waals surface area contributed by atoms with Crippen LogP contribution in [0.2, 0.25) is 0 Å². The number of hydrogen-bond acceptors (Lipinski definition) is 5. The number of thioether (sulfide) groups is 1. The van der Waals surface area contributed by atoms with Gasteiger partial charge < -0.3 is 14.9 Å². The molecular formula is C28H38O5S. The molecule has 0 radical (unpaired) electrons. The third-order valence-corrected chi connectivity index (χ3v) is 7.13. The zero-order valence-electron chi connectivity index (χ0n) is 20.2. The summed E-state index contributed by atoms with van der Waals surface area (Å²) < 4.78 is 4.95. The van der Waals surface area contributed by atoms with Crippen LogP contribution in [-0.2, 0) is 27.2 Å². The van der Waals surface area contributed by atoms with E-state index in [1.165, 1.54) is 43.0 Å². The van der Waals surface area contributed by atoms with E-state index in [1.54, 1.807) is 6.92 Å². The lowest BCUT2D eigenvalue weighted by molar-refractivity contribution is -0.146. The van der Waals surface area contributed by atoms with Crippen molar-refractivity contribution in [3.05, 3.63) is 71.3 Å². The maximum absolute atomic E-state index is 11.7. The molecule has 0 bridgehead atoms. The third kappa shape index (κ3) is 10.3. The van der Waals surface area contributed by atoms with Crippen molar-refractivity contribution in [2.75, 3.05) is 12.4 Å². The van der Waals surface area contributed by atoms with Gasteiger partial charge in [0, 0.05) is 5.75 Å². The van der Waals surface area contributed by atoms with Gasteiger partial charge in [-0.1, -0.05) is 80.3 Å². The number of aliphatic hydroxyl groups excluding tert-OH is 1. The first-order valence-corrected chi connectivity index (χ1v) is 13.4. The average Bonchev–Trinajstić information content (AvgIpc) is 2.84. The van der Waals surface area contributed by atoms with Crippen molar-refractivity contribution in [1.29, 1.82) is 0 Å². The highest BCUT2D eigenvalue weighted by Crippen LogP contribution is 2.35. The van der Waals surface area contributed by atoms with Crippen LogP contribution < -0.4 is 0 Å². The van der Waals surface area contributed by atoms with Crippen molar-refractivity contribution >= 4 is 23.7 Å². The van der Waals surface area contributed by atoms with Crippen molar-refractivity contribution in [1.82, 2.24) is 0 Å². The second-order valence-electron chi connectivity index (χ2n) is 8.44. The van der Waals surface area contributed by atoms with Crippen LogP contribution in [0, 0.1) is 0 Å². The molecule has 2 aromatic rings. The first-order valence-electron chi connectivity index (χ1n) is 12.3. The Bertz CT molecular complexity index is 855. The topological polar surface area (TPSA) is 83.8 Å². The van der Waals surface area contributed by atoms with Crippen LogP contribution in [0.1, 0.15) is 73.8 Å². The Morgan fingerprint density at radius 3 is 2.18 bits per heavy atom. The molecular weight excluding hydrogens is 448 g/mol. The molecule has 0 saturated carbocycles.